The van der Waals surface area contributed by atoms with Gasteiger partial charge in [0.1, 0.15) is 12.1 Å². The number of fused-ring (bicyclic) bond motifs is 1. The van der Waals surface area contributed by atoms with Gasteiger partial charge in [-0.05, 0) is 29.4 Å². The van der Waals surface area contributed by atoms with Crippen LogP contribution in [-0.2, 0) is 39.7 Å². The maximum atomic E-state index is 13.8. The van der Waals surface area contributed by atoms with Crippen molar-refractivity contribution in [3.63, 3.8) is 0 Å². The van der Waals surface area contributed by atoms with E-state index in [2.05, 4.69) is 20.9 Å². The molecular formula is C32H51N6O8P. The number of amides is 4. The first-order valence-electron chi connectivity index (χ1n) is 16.0. The van der Waals surface area contributed by atoms with Crippen molar-refractivity contribution in [1.82, 2.24) is 25.6 Å². The minimum Gasteiger partial charge on any atom is -0.441 e. The molecule has 14 nitrogen and oxygen atoms in total. The van der Waals surface area contributed by atoms with E-state index in [1.165, 1.54) is 6.92 Å². The number of aromatic nitrogens is 1. The van der Waals surface area contributed by atoms with Crippen LogP contribution < -0.4 is 21.7 Å². The lowest BCUT2D eigenvalue weighted by Crippen LogP contribution is -2.58. The van der Waals surface area contributed by atoms with Crippen molar-refractivity contribution in [1.29, 1.82) is 0 Å². The number of hydrogen-bond donors (Lipinski definition) is 6. The fourth-order valence-electron chi connectivity index (χ4n) is 4.92. The van der Waals surface area contributed by atoms with Gasteiger partial charge in [0.05, 0.1) is 12.5 Å². The third-order valence-corrected chi connectivity index (χ3v) is 9.25. The highest BCUT2D eigenvalue weighted by Crippen LogP contribution is 2.24. The van der Waals surface area contributed by atoms with Crippen LogP contribution in [0.3, 0.4) is 0 Å². The number of nitrogens with one attached hydrogen (secondary N) is 4. The Morgan fingerprint density at radius 2 is 1.53 bits per heavy atom. The number of rotatable bonds is 18. The molecule has 1 heterocycles. The van der Waals surface area contributed by atoms with Gasteiger partial charge in [-0.3, -0.25) is 33.2 Å². The zero-order valence-corrected chi connectivity index (χ0v) is 29.3. The van der Waals surface area contributed by atoms with E-state index in [-0.39, 0.29) is 30.1 Å². The SMILES string of the molecule is CC[C@H](C)[C@H](NC(C)=O)C(=O)N[C@H](C(=O)NC(Cc1c[nH]c2ccccc12)OC(=O)CCN(C(=O)[C@@H](N)C(C)C)[PH](=O)O)[C@@H](C)CC. The van der Waals surface area contributed by atoms with Crippen molar-refractivity contribution in [2.24, 2.45) is 23.5 Å². The van der Waals surface area contributed by atoms with Crippen molar-refractivity contribution in [2.75, 3.05) is 6.54 Å². The standard InChI is InChI=1S/C32H51N6O8P/c1-8-19(5)28(35-21(7)39)31(42)37-29(20(6)9-2)30(41)36-25(16-22-17-34-24-13-11-10-12-23(22)24)46-26(40)14-15-38(47(44)45)32(43)27(33)18(3)4/h10-13,17-20,25,27-29,34,47H,8-9,14-16,33H2,1-7H3,(H,35,39)(H,36,41)(H,37,42)(H,44,45)/t19-,20-,25?,27-,28-,29-/m0/s1. The Kier molecular flexibility index (Phi) is 15.6. The van der Waals surface area contributed by atoms with Crippen LogP contribution >= 0.6 is 8.18 Å². The third-order valence-electron chi connectivity index (χ3n) is 8.34. The number of esters is 1. The maximum Gasteiger partial charge on any atom is 0.309 e. The molecule has 0 aliphatic rings. The molecule has 1 aromatic carbocycles. The van der Waals surface area contributed by atoms with Crippen LogP contribution in [0.5, 0.6) is 0 Å². The maximum absolute atomic E-state index is 13.8. The Labute approximate surface area is 276 Å². The van der Waals surface area contributed by atoms with Gasteiger partial charge < -0.3 is 36.3 Å². The van der Waals surface area contributed by atoms with Crippen LogP contribution in [0.25, 0.3) is 10.9 Å². The van der Waals surface area contributed by atoms with E-state index >= 15 is 0 Å². The van der Waals surface area contributed by atoms with Crippen LogP contribution in [0.15, 0.2) is 30.5 Å². The van der Waals surface area contributed by atoms with E-state index in [1.54, 1.807) is 27.0 Å². The molecule has 0 aliphatic heterocycles. The van der Waals surface area contributed by atoms with Gasteiger partial charge in [-0.25, -0.2) is 0 Å². The molecule has 7 N–H and O–H groups in total. The zero-order valence-electron chi connectivity index (χ0n) is 28.3. The number of nitrogens with zero attached hydrogens (tertiary/aromatic N) is 1. The van der Waals surface area contributed by atoms with Gasteiger partial charge in [0.15, 0.2) is 6.23 Å². The quantitative estimate of drug-likeness (QED) is 0.0775. The summed E-state index contributed by atoms with van der Waals surface area (Å²) < 4.78 is 18.3. The number of H-pyrrole nitrogens is 1. The zero-order chi connectivity index (χ0) is 35.4. The second-order valence-electron chi connectivity index (χ2n) is 12.3. The van der Waals surface area contributed by atoms with Crippen molar-refractivity contribution in [3.05, 3.63) is 36.0 Å². The number of carbonyl (C=O) groups excluding carboxylic acids is 5. The molecule has 0 radical (unpaired) electrons. The first-order valence-corrected chi connectivity index (χ1v) is 17.3. The average molecular weight is 679 g/mol. The summed E-state index contributed by atoms with van der Waals surface area (Å²) in [6.45, 7) is 11.7. The Balaban J connectivity index is 2.32. The molecule has 0 saturated carbocycles. The van der Waals surface area contributed by atoms with Crippen LogP contribution in [0.2, 0.25) is 0 Å². The van der Waals surface area contributed by atoms with E-state index < -0.39 is 69.2 Å². The van der Waals surface area contributed by atoms with Gasteiger partial charge in [0, 0.05) is 37.0 Å². The second kappa shape index (κ2) is 18.6. The van der Waals surface area contributed by atoms with Gasteiger partial charge in [-0.2, -0.15) is 0 Å². The van der Waals surface area contributed by atoms with E-state index in [1.807, 2.05) is 45.0 Å². The first kappa shape index (κ1) is 39.4. The summed E-state index contributed by atoms with van der Waals surface area (Å²) in [7, 11) is -3.51. The van der Waals surface area contributed by atoms with Crippen molar-refractivity contribution in [2.45, 2.75) is 98.5 Å². The summed E-state index contributed by atoms with van der Waals surface area (Å²) in [5.74, 6) is -3.91. The minimum absolute atomic E-state index is 0.0571. The Bertz CT molecular complexity index is 1410. The van der Waals surface area contributed by atoms with Gasteiger partial charge in [0.25, 0.3) is 8.18 Å². The number of hydrogen-bond acceptors (Lipinski definition) is 8. The first-order chi connectivity index (χ1) is 22.1. The minimum atomic E-state index is -3.51. The number of aromatic amines is 1. The predicted molar refractivity (Wildman–Crippen MR) is 179 cm³/mol. The smallest absolute Gasteiger partial charge is 0.309 e. The Morgan fingerprint density at radius 3 is 2.09 bits per heavy atom. The van der Waals surface area contributed by atoms with Crippen LogP contribution in [0.4, 0.5) is 0 Å². The highest BCUT2D eigenvalue weighted by molar-refractivity contribution is 7.36. The van der Waals surface area contributed by atoms with Crippen LogP contribution in [0, 0.1) is 17.8 Å². The van der Waals surface area contributed by atoms with E-state index in [9.17, 15) is 33.4 Å². The lowest BCUT2D eigenvalue weighted by Gasteiger charge is -2.30. The highest BCUT2D eigenvalue weighted by Gasteiger charge is 2.33. The van der Waals surface area contributed by atoms with Crippen LogP contribution in [-0.4, -0.2) is 75.0 Å². The van der Waals surface area contributed by atoms with Gasteiger partial charge >= 0.3 is 5.97 Å². The number of benzene rings is 1. The molecule has 15 heteroatoms. The van der Waals surface area contributed by atoms with E-state index in [4.69, 9.17) is 10.5 Å². The molecule has 0 fully saturated rings. The van der Waals surface area contributed by atoms with Crippen molar-refractivity contribution >= 4 is 48.7 Å². The summed E-state index contributed by atoms with van der Waals surface area (Å²) in [6.07, 6.45) is 1.29. The number of para-hydroxylation sites is 1. The lowest BCUT2D eigenvalue weighted by atomic mass is 9.94. The molecule has 0 bridgehead atoms. The highest BCUT2D eigenvalue weighted by atomic mass is 31.1. The number of carbonyl (C=O) groups is 5. The van der Waals surface area contributed by atoms with Gasteiger partial charge in [-0.1, -0.05) is 72.6 Å². The molecule has 2 unspecified atom stereocenters. The van der Waals surface area contributed by atoms with E-state index in [0.717, 1.165) is 16.5 Å². The lowest BCUT2D eigenvalue weighted by molar-refractivity contribution is -0.153. The molecule has 0 saturated heterocycles. The Hall–Kier alpha value is -3.74. The van der Waals surface area contributed by atoms with Crippen molar-refractivity contribution in [3.8, 4) is 0 Å². The fraction of sp³-hybridized carbons (Fsp3) is 0.594. The average Bonchev–Trinajstić information content (AvgIpc) is 3.43. The molecule has 2 rings (SSSR count). The molecule has 0 spiro atoms. The van der Waals surface area contributed by atoms with E-state index in [0.29, 0.717) is 17.5 Å². The number of nitrogens with two attached hydrogens (primary N) is 1. The Morgan fingerprint density at radius 1 is 0.957 bits per heavy atom. The molecule has 1 aromatic heterocycles. The molecular weight excluding hydrogens is 627 g/mol. The molecule has 262 valence electrons. The number of ether oxygens (including phenoxy) is 1. The molecule has 7 atom stereocenters. The normalized spacial score (nSPS) is 15.9. The van der Waals surface area contributed by atoms with Gasteiger partial charge in [0.2, 0.25) is 23.6 Å². The predicted octanol–water partition coefficient (Wildman–Crippen LogP) is 2.36. The molecule has 4 amide bonds. The summed E-state index contributed by atoms with van der Waals surface area (Å²) >= 11 is 0. The summed E-state index contributed by atoms with van der Waals surface area (Å²) in [5, 5.41) is 9.06. The second-order valence-corrected chi connectivity index (χ2v) is 13.4. The van der Waals surface area contributed by atoms with Crippen molar-refractivity contribution < 1.29 is 38.2 Å². The molecule has 0 aliphatic carbocycles. The topological polar surface area (TPSA) is 213 Å². The molecule has 2 aromatic rings. The molecule has 47 heavy (non-hydrogen) atoms. The fourth-order valence-corrected chi connectivity index (χ4v) is 5.56. The monoisotopic (exact) mass is 678 g/mol. The third kappa shape index (κ3) is 11.5. The van der Waals surface area contributed by atoms with Gasteiger partial charge in [-0.15, -0.1) is 0 Å². The largest absolute Gasteiger partial charge is 0.441 e. The van der Waals surface area contributed by atoms with Crippen LogP contribution in [0.1, 0.15) is 73.3 Å². The summed E-state index contributed by atoms with van der Waals surface area (Å²) in [6, 6.07) is 4.55. The summed E-state index contributed by atoms with van der Waals surface area (Å²) in [5.41, 5.74) is 7.46. The summed E-state index contributed by atoms with van der Waals surface area (Å²) in [4.78, 5) is 77.6.